The fraction of sp³-hybridized carbons (Fsp3) is 0.611. The second-order valence-corrected chi connectivity index (χ2v) is 6.69. The van der Waals surface area contributed by atoms with Crippen LogP contribution >= 0.6 is 0 Å². The predicted molar refractivity (Wildman–Crippen MR) is 85.7 cm³/mol. The van der Waals surface area contributed by atoms with Crippen LogP contribution in [0.1, 0.15) is 56.8 Å². The zero-order valence-electron chi connectivity index (χ0n) is 13.4. The van der Waals surface area contributed by atoms with Gasteiger partial charge in [-0.3, -0.25) is 4.79 Å². The zero-order valence-corrected chi connectivity index (χ0v) is 13.4. The molecule has 1 aromatic rings. The number of ether oxygens (including phenoxy) is 1. The van der Waals surface area contributed by atoms with Crippen molar-refractivity contribution in [2.24, 2.45) is 17.1 Å². The van der Waals surface area contributed by atoms with Crippen molar-refractivity contribution >= 4 is 5.78 Å². The van der Waals surface area contributed by atoms with Crippen molar-refractivity contribution in [1.82, 2.24) is 0 Å². The van der Waals surface area contributed by atoms with Gasteiger partial charge in [-0.15, -0.1) is 0 Å². The normalized spacial score (nSPS) is 25.9. The average Bonchev–Trinajstić information content (AvgIpc) is 2.47. The highest BCUT2D eigenvalue weighted by molar-refractivity contribution is 6.01. The number of carbonyl (C=O) groups is 1. The molecule has 0 unspecified atom stereocenters. The van der Waals surface area contributed by atoms with Gasteiger partial charge in [-0.2, -0.15) is 0 Å². The fourth-order valence-electron chi connectivity index (χ4n) is 3.13. The summed E-state index contributed by atoms with van der Waals surface area (Å²) in [6, 6.07) is 7.53. The summed E-state index contributed by atoms with van der Waals surface area (Å²) < 4.78 is 5.69. The van der Waals surface area contributed by atoms with Crippen LogP contribution in [0, 0.1) is 11.3 Å². The maximum atomic E-state index is 13.0. The Morgan fingerprint density at radius 3 is 2.62 bits per heavy atom. The first-order valence-electron chi connectivity index (χ1n) is 7.98. The number of rotatable bonds is 5. The van der Waals surface area contributed by atoms with E-state index in [2.05, 4.69) is 6.92 Å². The van der Waals surface area contributed by atoms with Crippen LogP contribution in [-0.2, 0) is 0 Å². The quantitative estimate of drug-likeness (QED) is 0.839. The van der Waals surface area contributed by atoms with Gasteiger partial charge < -0.3 is 10.5 Å². The minimum atomic E-state index is -0.372. The topological polar surface area (TPSA) is 52.3 Å². The molecular weight excluding hydrogens is 262 g/mol. The first-order valence-corrected chi connectivity index (χ1v) is 7.98. The smallest absolute Gasteiger partial charge is 0.170 e. The van der Waals surface area contributed by atoms with Gasteiger partial charge in [0.1, 0.15) is 5.75 Å². The number of benzene rings is 1. The number of carbonyl (C=O) groups excluding carboxylic acids is 1. The second-order valence-electron chi connectivity index (χ2n) is 6.69. The SMILES string of the molecule is CC1CCC(CN)(C(=O)c2cccc(OC(C)C)c2)CC1. The zero-order chi connectivity index (χ0) is 15.5. The third kappa shape index (κ3) is 3.65. The minimum Gasteiger partial charge on any atom is -0.491 e. The van der Waals surface area contributed by atoms with Crippen molar-refractivity contribution in [2.75, 3.05) is 6.54 Å². The number of ketones is 1. The number of nitrogens with two attached hydrogens (primary N) is 1. The Kier molecular flexibility index (Phi) is 5.04. The van der Waals surface area contributed by atoms with Gasteiger partial charge in [-0.1, -0.05) is 19.1 Å². The number of hydrogen-bond acceptors (Lipinski definition) is 3. The molecule has 3 heteroatoms. The molecule has 1 saturated carbocycles. The van der Waals surface area contributed by atoms with Gasteiger partial charge in [-0.25, -0.2) is 0 Å². The lowest BCUT2D eigenvalue weighted by atomic mass is 9.67. The van der Waals surface area contributed by atoms with Crippen LogP contribution < -0.4 is 10.5 Å². The van der Waals surface area contributed by atoms with Crippen LogP contribution in [-0.4, -0.2) is 18.4 Å². The molecule has 0 radical (unpaired) electrons. The first-order chi connectivity index (χ1) is 9.97. The number of hydrogen-bond donors (Lipinski definition) is 1. The molecule has 0 heterocycles. The summed E-state index contributed by atoms with van der Waals surface area (Å²) in [5, 5.41) is 0. The molecule has 2 rings (SSSR count). The van der Waals surface area contributed by atoms with Crippen LogP contribution in [0.15, 0.2) is 24.3 Å². The summed E-state index contributed by atoms with van der Waals surface area (Å²) in [6.07, 6.45) is 4.09. The molecule has 2 N–H and O–H groups in total. The van der Waals surface area contributed by atoms with E-state index in [4.69, 9.17) is 10.5 Å². The highest BCUT2D eigenvalue weighted by Gasteiger charge is 2.40. The molecule has 0 aliphatic heterocycles. The first kappa shape index (κ1) is 16.0. The van der Waals surface area contributed by atoms with E-state index in [9.17, 15) is 4.79 Å². The summed E-state index contributed by atoms with van der Waals surface area (Å²) in [5.41, 5.74) is 6.35. The van der Waals surface area contributed by atoms with Crippen LogP contribution in [0.5, 0.6) is 5.75 Å². The molecule has 1 aromatic carbocycles. The summed E-state index contributed by atoms with van der Waals surface area (Å²) in [6.45, 7) is 6.66. The molecule has 0 atom stereocenters. The Morgan fingerprint density at radius 2 is 2.05 bits per heavy atom. The fourth-order valence-corrected chi connectivity index (χ4v) is 3.13. The lowest BCUT2D eigenvalue weighted by Gasteiger charge is -2.37. The average molecular weight is 289 g/mol. The van der Waals surface area contributed by atoms with E-state index in [1.54, 1.807) is 0 Å². The van der Waals surface area contributed by atoms with Gasteiger partial charge in [0.25, 0.3) is 0 Å². The Morgan fingerprint density at radius 1 is 1.38 bits per heavy atom. The van der Waals surface area contributed by atoms with Gasteiger partial charge >= 0.3 is 0 Å². The molecule has 3 nitrogen and oxygen atoms in total. The summed E-state index contributed by atoms with van der Waals surface area (Å²) in [4.78, 5) is 13.0. The predicted octanol–water partition coefficient (Wildman–Crippen LogP) is 3.81. The molecular formula is C18H27NO2. The van der Waals surface area contributed by atoms with E-state index in [0.717, 1.165) is 37.0 Å². The molecule has 0 amide bonds. The van der Waals surface area contributed by atoms with Crippen LogP contribution in [0.25, 0.3) is 0 Å². The third-order valence-corrected chi connectivity index (χ3v) is 4.57. The van der Waals surface area contributed by atoms with Gasteiger partial charge in [0.15, 0.2) is 5.78 Å². The van der Waals surface area contributed by atoms with Gasteiger partial charge in [0.05, 0.1) is 6.10 Å². The second kappa shape index (κ2) is 6.61. The standard InChI is InChI=1S/C18H27NO2/c1-13(2)21-16-6-4-5-15(11-16)17(20)18(12-19)9-7-14(3)8-10-18/h4-6,11,13-14H,7-10,12,19H2,1-3H3. The van der Waals surface area contributed by atoms with Crippen molar-refractivity contribution in [1.29, 1.82) is 0 Å². The number of Topliss-reactive ketones (excluding diaryl/α,β-unsaturated/α-hetero) is 1. The maximum absolute atomic E-state index is 13.0. The minimum absolute atomic E-state index is 0.106. The Hall–Kier alpha value is -1.35. The van der Waals surface area contributed by atoms with E-state index in [1.165, 1.54) is 0 Å². The van der Waals surface area contributed by atoms with Gasteiger partial charge in [0, 0.05) is 17.5 Å². The highest BCUT2D eigenvalue weighted by Crippen LogP contribution is 2.40. The highest BCUT2D eigenvalue weighted by atomic mass is 16.5. The largest absolute Gasteiger partial charge is 0.491 e. The Bertz CT molecular complexity index is 488. The van der Waals surface area contributed by atoms with Crippen molar-refractivity contribution in [2.45, 2.75) is 52.6 Å². The van der Waals surface area contributed by atoms with Crippen LogP contribution in [0.2, 0.25) is 0 Å². The molecule has 0 spiro atoms. The lowest BCUT2D eigenvalue weighted by Crippen LogP contribution is -2.41. The Labute approximate surface area is 127 Å². The van der Waals surface area contributed by atoms with Gasteiger partial charge in [0.2, 0.25) is 0 Å². The van der Waals surface area contributed by atoms with Crippen LogP contribution in [0.3, 0.4) is 0 Å². The van der Waals surface area contributed by atoms with Crippen molar-refractivity contribution in [3.8, 4) is 5.75 Å². The summed E-state index contributed by atoms with van der Waals surface area (Å²) in [7, 11) is 0. The molecule has 0 saturated heterocycles. The van der Waals surface area contributed by atoms with Gasteiger partial charge in [-0.05, 0) is 57.6 Å². The van der Waals surface area contributed by atoms with E-state index in [1.807, 2.05) is 38.1 Å². The summed E-state index contributed by atoms with van der Waals surface area (Å²) >= 11 is 0. The monoisotopic (exact) mass is 289 g/mol. The van der Waals surface area contributed by atoms with E-state index < -0.39 is 0 Å². The summed E-state index contributed by atoms with van der Waals surface area (Å²) in [5.74, 6) is 1.64. The third-order valence-electron chi connectivity index (χ3n) is 4.57. The van der Waals surface area contributed by atoms with E-state index >= 15 is 0 Å². The van der Waals surface area contributed by atoms with Crippen LogP contribution in [0.4, 0.5) is 0 Å². The van der Waals surface area contributed by atoms with Crippen molar-refractivity contribution in [3.05, 3.63) is 29.8 Å². The maximum Gasteiger partial charge on any atom is 0.170 e. The molecule has 0 bridgehead atoms. The molecule has 116 valence electrons. The van der Waals surface area contributed by atoms with Crippen molar-refractivity contribution < 1.29 is 9.53 Å². The molecule has 21 heavy (non-hydrogen) atoms. The lowest BCUT2D eigenvalue weighted by molar-refractivity contribution is 0.0694. The molecule has 1 aliphatic carbocycles. The van der Waals surface area contributed by atoms with E-state index in [-0.39, 0.29) is 17.3 Å². The molecule has 1 aliphatic rings. The Balaban J connectivity index is 2.21. The molecule has 1 fully saturated rings. The molecule has 0 aromatic heterocycles. The van der Waals surface area contributed by atoms with Crippen molar-refractivity contribution in [3.63, 3.8) is 0 Å². The van der Waals surface area contributed by atoms with E-state index in [0.29, 0.717) is 12.5 Å².